The van der Waals surface area contributed by atoms with E-state index < -0.39 is 0 Å². The van der Waals surface area contributed by atoms with Crippen molar-refractivity contribution in [2.75, 3.05) is 39.3 Å². The molecule has 0 amide bonds. The van der Waals surface area contributed by atoms with Crippen molar-refractivity contribution in [3.05, 3.63) is 54.5 Å². The van der Waals surface area contributed by atoms with Crippen LogP contribution in [0.3, 0.4) is 0 Å². The third-order valence-electron chi connectivity index (χ3n) is 6.95. The fourth-order valence-electron chi connectivity index (χ4n) is 4.91. The number of hydrogen-bond acceptors (Lipinski definition) is 8. The van der Waals surface area contributed by atoms with Gasteiger partial charge in [0.05, 0.1) is 37.1 Å². The summed E-state index contributed by atoms with van der Waals surface area (Å²) in [5.41, 5.74) is 4.90. The van der Waals surface area contributed by atoms with Gasteiger partial charge in [0.2, 0.25) is 0 Å². The Hall–Kier alpha value is -3.65. The second-order valence-corrected chi connectivity index (χ2v) is 9.20. The lowest BCUT2D eigenvalue weighted by atomic mass is 10.1. The second-order valence-electron chi connectivity index (χ2n) is 9.20. The van der Waals surface area contributed by atoms with E-state index >= 15 is 0 Å². The molecule has 2 atom stereocenters. The van der Waals surface area contributed by atoms with Crippen LogP contribution in [0.4, 0.5) is 11.4 Å². The summed E-state index contributed by atoms with van der Waals surface area (Å²) in [5, 5.41) is 10.7. The van der Waals surface area contributed by atoms with Crippen molar-refractivity contribution in [2.45, 2.75) is 38.8 Å². The van der Waals surface area contributed by atoms with E-state index in [9.17, 15) is 0 Å². The molecule has 0 bridgehead atoms. The summed E-state index contributed by atoms with van der Waals surface area (Å²) in [6.07, 6.45) is 7.20. The van der Waals surface area contributed by atoms with Crippen LogP contribution < -0.4 is 19.7 Å². The van der Waals surface area contributed by atoms with Gasteiger partial charge in [-0.2, -0.15) is 0 Å². The maximum absolute atomic E-state index is 7.74. The van der Waals surface area contributed by atoms with Gasteiger partial charge in [-0.3, -0.25) is 9.88 Å². The molecule has 190 valence electrons. The van der Waals surface area contributed by atoms with E-state index in [0.29, 0.717) is 23.4 Å². The average molecular weight is 489 g/mol. The molecule has 2 aromatic carbocycles. The zero-order chi connectivity index (χ0) is 25.7. The number of anilines is 2. The molecule has 36 heavy (non-hydrogen) atoms. The Labute approximate surface area is 213 Å². The van der Waals surface area contributed by atoms with Crippen LogP contribution in [0.25, 0.3) is 16.6 Å². The van der Waals surface area contributed by atoms with E-state index in [0.717, 1.165) is 47.0 Å². The molecular formula is C28H36N6O2. The topological polar surface area (TPSA) is 86.6 Å². The number of allylic oxidation sites excluding steroid dienone is 1. The number of hydrogen-bond donors (Lipinski definition) is 2. The summed E-state index contributed by atoms with van der Waals surface area (Å²) in [4.78, 5) is 14.3. The van der Waals surface area contributed by atoms with Gasteiger partial charge >= 0.3 is 0 Å². The Kier molecular flexibility index (Phi) is 8.05. The third-order valence-corrected chi connectivity index (χ3v) is 6.95. The van der Waals surface area contributed by atoms with Crippen molar-refractivity contribution in [2.24, 2.45) is 0 Å². The molecule has 0 radical (unpaired) electrons. The first-order valence-electron chi connectivity index (χ1n) is 12.4. The molecule has 0 aliphatic carbocycles. The zero-order valence-corrected chi connectivity index (χ0v) is 21.8. The molecule has 1 saturated heterocycles. The minimum absolute atomic E-state index is 0.574. The van der Waals surface area contributed by atoms with Crippen LogP contribution in [0, 0.1) is 5.41 Å². The second kappa shape index (κ2) is 11.4. The van der Waals surface area contributed by atoms with Gasteiger partial charge in [0, 0.05) is 79.8 Å². The quantitative estimate of drug-likeness (QED) is 0.394. The number of nitrogens with one attached hydrogen (secondary N) is 2. The van der Waals surface area contributed by atoms with Gasteiger partial charge in [0.25, 0.3) is 0 Å². The van der Waals surface area contributed by atoms with E-state index in [1.165, 1.54) is 19.1 Å². The highest BCUT2D eigenvalue weighted by Gasteiger charge is 2.27. The SMILES string of the molecule is CN/C=C(\C=N)c1cnc2ccc(N(CCN3[C@@H](C)CC[C@@H]3C)c3cc(OC)cc(OC)c3)cc2n1. The van der Waals surface area contributed by atoms with Gasteiger partial charge in [0.15, 0.2) is 0 Å². The van der Waals surface area contributed by atoms with Gasteiger partial charge in [-0.1, -0.05) is 0 Å². The Morgan fingerprint density at radius 3 is 2.36 bits per heavy atom. The molecule has 0 spiro atoms. The Bertz CT molecular complexity index is 1210. The molecule has 8 heteroatoms. The Morgan fingerprint density at radius 2 is 1.75 bits per heavy atom. The van der Waals surface area contributed by atoms with Crippen molar-refractivity contribution in [3.63, 3.8) is 0 Å². The third kappa shape index (κ3) is 5.44. The highest BCUT2D eigenvalue weighted by Crippen LogP contribution is 2.34. The van der Waals surface area contributed by atoms with Crippen LogP contribution in [0.5, 0.6) is 11.5 Å². The number of benzene rings is 2. The largest absolute Gasteiger partial charge is 0.497 e. The highest BCUT2D eigenvalue weighted by atomic mass is 16.5. The summed E-state index contributed by atoms with van der Waals surface area (Å²) in [6, 6.07) is 13.3. The molecule has 1 fully saturated rings. The Balaban J connectivity index is 1.76. The summed E-state index contributed by atoms with van der Waals surface area (Å²) in [6.45, 7) is 6.37. The average Bonchev–Trinajstić information content (AvgIpc) is 3.23. The van der Waals surface area contributed by atoms with Gasteiger partial charge < -0.3 is 25.1 Å². The molecular weight excluding hydrogens is 452 g/mol. The molecule has 2 heterocycles. The monoisotopic (exact) mass is 488 g/mol. The molecule has 8 nitrogen and oxygen atoms in total. The molecule has 2 N–H and O–H groups in total. The van der Waals surface area contributed by atoms with Crippen molar-refractivity contribution in [1.29, 1.82) is 5.41 Å². The fourth-order valence-corrected chi connectivity index (χ4v) is 4.91. The number of rotatable bonds is 10. The summed E-state index contributed by atoms with van der Waals surface area (Å²) in [7, 11) is 5.14. The van der Waals surface area contributed by atoms with Crippen molar-refractivity contribution in [3.8, 4) is 11.5 Å². The Morgan fingerprint density at radius 1 is 1.06 bits per heavy atom. The molecule has 1 aliphatic heterocycles. The van der Waals surface area contributed by atoms with Crippen molar-refractivity contribution >= 4 is 34.2 Å². The predicted octanol–water partition coefficient (Wildman–Crippen LogP) is 4.87. The van der Waals surface area contributed by atoms with Crippen LogP contribution in [-0.2, 0) is 0 Å². The van der Waals surface area contributed by atoms with Crippen LogP contribution in [0.1, 0.15) is 32.4 Å². The van der Waals surface area contributed by atoms with Crippen LogP contribution in [0.15, 0.2) is 48.8 Å². The van der Waals surface area contributed by atoms with Crippen LogP contribution in [-0.4, -0.2) is 67.5 Å². The molecule has 0 unspecified atom stereocenters. The molecule has 3 aromatic rings. The number of likely N-dealkylation sites (tertiary alicyclic amines) is 1. The number of fused-ring (bicyclic) bond motifs is 1. The van der Waals surface area contributed by atoms with Crippen molar-refractivity contribution < 1.29 is 9.47 Å². The minimum atomic E-state index is 0.574. The van der Waals surface area contributed by atoms with E-state index in [1.54, 1.807) is 33.7 Å². The molecule has 0 saturated carbocycles. The van der Waals surface area contributed by atoms with E-state index in [2.05, 4.69) is 46.1 Å². The lowest BCUT2D eigenvalue weighted by molar-refractivity contribution is 0.220. The van der Waals surface area contributed by atoms with Crippen molar-refractivity contribution in [1.82, 2.24) is 20.2 Å². The van der Waals surface area contributed by atoms with Gasteiger partial charge in [-0.05, 0) is 44.9 Å². The van der Waals surface area contributed by atoms with E-state index in [-0.39, 0.29) is 0 Å². The maximum Gasteiger partial charge on any atom is 0.124 e. The zero-order valence-electron chi connectivity index (χ0n) is 21.8. The van der Waals surface area contributed by atoms with Gasteiger partial charge in [0.1, 0.15) is 11.5 Å². The lowest BCUT2D eigenvalue weighted by Crippen LogP contribution is -2.38. The van der Waals surface area contributed by atoms with Gasteiger partial charge in [-0.25, -0.2) is 4.98 Å². The van der Waals surface area contributed by atoms with Crippen LogP contribution >= 0.6 is 0 Å². The highest BCUT2D eigenvalue weighted by molar-refractivity contribution is 6.07. The number of ether oxygens (including phenoxy) is 2. The molecule has 1 aliphatic rings. The first-order valence-corrected chi connectivity index (χ1v) is 12.4. The summed E-state index contributed by atoms with van der Waals surface area (Å²) in [5.74, 6) is 1.49. The normalized spacial score (nSPS) is 18.3. The lowest BCUT2D eigenvalue weighted by Gasteiger charge is -2.31. The van der Waals surface area contributed by atoms with Gasteiger partial charge in [-0.15, -0.1) is 0 Å². The predicted molar refractivity (Wildman–Crippen MR) is 147 cm³/mol. The van der Waals surface area contributed by atoms with E-state index in [1.807, 2.05) is 24.3 Å². The standard InChI is InChI=1S/C28H36N6O2/c1-19-6-7-20(2)33(19)10-11-34(23-12-24(35-4)15-25(13-23)36-5)22-8-9-26-27(14-22)32-28(18-31-26)21(16-29)17-30-3/h8-9,12-20,29-30H,6-7,10-11H2,1-5H3/b21-17+,29-16?/t19-,20-/m0/s1. The smallest absolute Gasteiger partial charge is 0.124 e. The fraction of sp³-hybridized carbons (Fsp3) is 0.393. The summed E-state index contributed by atoms with van der Waals surface area (Å²) >= 11 is 0. The van der Waals surface area contributed by atoms with Crippen LogP contribution in [0.2, 0.25) is 0 Å². The number of methoxy groups -OCH3 is 2. The summed E-state index contributed by atoms with van der Waals surface area (Å²) < 4.78 is 11.1. The minimum Gasteiger partial charge on any atom is -0.497 e. The first-order chi connectivity index (χ1) is 17.5. The number of nitrogens with zero attached hydrogens (tertiary/aromatic N) is 4. The molecule has 4 rings (SSSR count). The maximum atomic E-state index is 7.74. The number of aromatic nitrogens is 2. The first kappa shape index (κ1) is 25.4. The molecule has 1 aromatic heterocycles. The van der Waals surface area contributed by atoms with E-state index in [4.69, 9.17) is 19.9 Å².